The van der Waals surface area contributed by atoms with Crippen LogP contribution in [0.4, 0.5) is 5.69 Å². The van der Waals surface area contributed by atoms with Crippen LogP contribution in [0.2, 0.25) is 0 Å². The number of thiazole rings is 1. The highest BCUT2D eigenvalue weighted by Crippen LogP contribution is 2.43. The summed E-state index contributed by atoms with van der Waals surface area (Å²) in [6.45, 7) is 14.1. The summed E-state index contributed by atoms with van der Waals surface area (Å²) in [6.07, 6.45) is 3.71. The van der Waals surface area contributed by atoms with E-state index in [1.54, 1.807) is 7.11 Å². The number of aromatic nitrogens is 3. The van der Waals surface area contributed by atoms with Crippen molar-refractivity contribution in [2.45, 2.75) is 90.6 Å². The van der Waals surface area contributed by atoms with Crippen molar-refractivity contribution >= 4 is 45.7 Å². The van der Waals surface area contributed by atoms with Crippen molar-refractivity contribution in [1.29, 1.82) is 0 Å². The number of carbonyl (C=O) groups excluding carboxylic acids is 3. The average Bonchev–Trinajstić information content (AvgIpc) is 3.79. The zero-order chi connectivity index (χ0) is 40.7. The number of likely N-dealkylation sites (N-methyl/N-ethyl adjacent to an activating group) is 1. The Kier molecular flexibility index (Phi) is 11.6. The number of aryl methyl sites for hydroxylation is 1. The maximum Gasteiger partial charge on any atom is 0.324 e. The quantitative estimate of drug-likeness (QED) is 0.250. The zero-order valence-corrected chi connectivity index (χ0v) is 35.3. The molecule has 0 unspecified atom stereocenters. The number of cyclic esters (lactones) is 1. The van der Waals surface area contributed by atoms with Crippen LogP contribution in [0.1, 0.15) is 69.3 Å². The third-order valence-corrected chi connectivity index (χ3v) is 13.0. The fraction of sp³-hybridized carbons (Fsp3) is 0.558. The number of piperazine rings is 1. The third-order valence-electron chi connectivity index (χ3n) is 12.1. The van der Waals surface area contributed by atoms with E-state index in [1.165, 1.54) is 16.3 Å². The maximum atomic E-state index is 14.1. The number of methoxy groups -OCH3 is 1. The number of ether oxygens (including phenoxy) is 3. The number of nitrogens with zero attached hydrogens (tertiary/aromatic N) is 6. The lowest BCUT2D eigenvalue weighted by Gasteiger charge is -2.36. The van der Waals surface area contributed by atoms with Crippen LogP contribution in [0, 0.1) is 5.41 Å². The normalized spacial score (nSPS) is 23.6. The number of benzene rings is 1. The van der Waals surface area contributed by atoms with Crippen molar-refractivity contribution in [2.75, 3.05) is 65.0 Å². The molecule has 2 N–H and O–H groups in total. The Morgan fingerprint density at radius 1 is 1.14 bits per heavy atom. The molecule has 6 bridgehead atoms. The predicted molar refractivity (Wildman–Crippen MR) is 223 cm³/mol. The van der Waals surface area contributed by atoms with E-state index in [0.717, 1.165) is 88.1 Å². The minimum absolute atomic E-state index is 0.173. The largest absolute Gasteiger partial charge is 0.464 e. The molecule has 4 aliphatic heterocycles. The summed E-state index contributed by atoms with van der Waals surface area (Å²) in [6, 6.07) is 7.20. The van der Waals surface area contributed by atoms with Gasteiger partial charge in [0.15, 0.2) is 0 Å². The first-order valence-corrected chi connectivity index (χ1v) is 21.5. The number of amides is 2. The molecule has 4 aromatic rings. The number of carbonyl (C=O) groups is 3. The number of pyridine rings is 1. The predicted octanol–water partition coefficient (Wildman–Crippen LogP) is 4.74. The van der Waals surface area contributed by atoms with Crippen LogP contribution in [0.5, 0.6) is 0 Å². The van der Waals surface area contributed by atoms with E-state index in [2.05, 4.69) is 77.2 Å². The van der Waals surface area contributed by atoms with Gasteiger partial charge in [0.1, 0.15) is 18.2 Å². The number of nitrogens with one attached hydrogen (secondary N) is 2. The van der Waals surface area contributed by atoms with Crippen molar-refractivity contribution in [3.8, 4) is 22.5 Å². The van der Waals surface area contributed by atoms with Gasteiger partial charge in [0, 0.05) is 92.0 Å². The van der Waals surface area contributed by atoms with Crippen LogP contribution >= 0.6 is 11.3 Å². The minimum atomic E-state index is -0.898. The molecular formula is C43H56N8O6S. The molecule has 7 heterocycles. The highest BCUT2D eigenvalue weighted by Gasteiger charge is 2.37. The maximum absolute atomic E-state index is 14.1. The lowest BCUT2D eigenvalue weighted by molar-refractivity contribution is -0.156. The molecule has 0 radical (unpaired) electrons. The molecule has 4 atom stereocenters. The van der Waals surface area contributed by atoms with Gasteiger partial charge in [0.2, 0.25) is 5.91 Å². The van der Waals surface area contributed by atoms with Crippen LogP contribution in [0.3, 0.4) is 0 Å². The Labute approximate surface area is 344 Å². The Morgan fingerprint density at radius 3 is 2.66 bits per heavy atom. The van der Waals surface area contributed by atoms with Gasteiger partial charge in [-0.2, -0.15) is 0 Å². The molecule has 8 rings (SSSR count). The molecule has 1 aromatic carbocycles. The van der Waals surface area contributed by atoms with E-state index in [9.17, 15) is 14.4 Å². The molecule has 3 aromatic heterocycles. The van der Waals surface area contributed by atoms with E-state index in [1.807, 2.05) is 18.5 Å². The first-order chi connectivity index (χ1) is 27.9. The lowest BCUT2D eigenvalue weighted by atomic mass is 9.84. The van der Waals surface area contributed by atoms with E-state index < -0.39 is 29.6 Å². The van der Waals surface area contributed by atoms with E-state index in [4.69, 9.17) is 24.2 Å². The molecule has 3 saturated heterocycles. The van der Waals surface area contributed by atoms with E-state index in [-0.39, 0.29) is 30.9 Å². The Morgan fingerprint density at radius 2 is 1.93 bits per heavy atom. The number of esters is 1. The topological polar surface area (TPSA) is 143 Å². The van der Waals surface area contributed by atoms with Crippen LogP contribution < -0.4 is 15.6 Å². The van der Waals surface area contributed by atoms with Gasteiger partial charge < -0.3 is 33.9 Å². The summed E-state index contributed by atoms with van der Waals surface area (Å²) in [5, 5.41) is 8.24. The van der Waals surface area contributed by atoms with Crippen LogP contribution in [-0.2, 0) is 48.0 Å². The fourth-order valence-electron chi connectivity index (χ4n) is 8.54. The molecule has 15 heteroatoms. The second kappa shape index (κ2) is 16.7. The van der Waals surface area contributed by atoms with Crippen LogP contribution in [0.25, 0.3) is 33.4 Å². The molecule has 14 nitrogen and oxygen atoms in total. The monoisotopic (exact) mass is 812 g/mol. The third kappa shape index (κ3) is 8.11. The average molecular weight is 813 g/mol. The molecule has 0 aliphatic carbocycles. The Hall–Kier alpha value is -4.41. The van der Waals surface area contributed by atoms with Gasteiger partial charge in [-0.3, -0.25) is 24.4 Å². The summed E-state index contributed by atoms with van der Waals surface area (Å²) < 4.78 is 19.9. The first kappa shape index (κ1) is 40.4. The lowest BCUT2D eigenvalue weighted by Crippen LogP contribution is -2.61. The molecule has 3 fully saturated rings. The van der Waals surface area contributed by atoms with Gasteiger partial charge in [-0.25, -0.2) is 10.4 Å². The first-order valence-electron chi connectivity index (χ1n) is 20.7. The molecular weight excluding hydrogens is 757 g/mol. The SMILES string of the molecule is CCn1c(-c2cc(N3CCN(C)CC3)cnc2[C@H](C)OC)c2c3cc(ccc31)-c1csc(n1)C[C@H](NC(=O)[C@H]1CCO1)C(=O)N1CCC[C@H](N1)C(=O)OCC(C)(C)C2. The van der Waals surface area contributed by atoms with Gasteiger partial charge in [-0.05, 0) is 63.9 Å². The number of hydrogen-bond acceptors (Lipinski definition) is 12. The summed E-state index contributed by atoms with van der Waals surface area (Å²) in [4.78, 5) is 55.9. The van der Waals surface area contributed by atoms with Crippen molar-refractivity contribution in [2.24, 2.45) is 5.41 Å². The highest BCUT2D eigenvalue weighted by molar-refractivity contribution is 7.10. The Bertz CT molecular complexity index is 2170. The smallest absolute Gasteiger partial charge is 0.324 e. The number of fused-ring (bicyclic) bond motifs is 6. The van der Waals surface area contributed by atoms with E-state index in [0.29, 0.717) is 38.8 Å². The van der Waals surface area contributed by atoms with Gasteiger partial charge in [0.05, 0.1) is 53.3 Å². The number of hydrogen-bond donors (Lipinski definition) is 2. The molecule has 58 heavy (non-hydrogen) atoms. The van der Waals surface area contributed by atoms with Crippen molar-refractivity contribution < 1.29 is 28.6 Å². The second-order valence-electron chi connectivity index (χ2n) is 16.9. The zero-order valence-electron chi connectivity index (χ0n) is 34.5. The van der Waals surface area contributed by atoms with Crippen molar-refractivity contribution in [1.82, 2.24) is 35.2 Å². The number of anilines is 1. The van der Waals surface area contributed by atoms with Gasteiger partial charge in [-0.1, -0.05) is 19.9 Å². The molecule has 0 spiro atoms. The number of rotatable bonds is 7. The van der Waals surface area contributed by atoms with Gasteiger partial charge in [0.25, 0.3) is 5.91 Å². The van der Waals surface area contributed by atoms with E-state index >= 15 is 0 Å². The molecule has 2 amide bonds. The highest BCUT2D eigenvalue weighted by atomic mass is 32.1. The summed E-state index contributed by atoms with van der Waals surface area (Å²) in [7, 11) is 3.89. The minimum Gasteiger partial charge on any atom is -0.464 e. The van der Waals surface area contributed by atoms with Crippen LogP contribution in [0.15, 0.2) is 35.8 Å². The second-order valence-corrected chi connectivity index (χ2v) is 17.8. The van der Waals surface area contributed by atoms with Crippen molar-refractivity contribution in [3.63, 3.8) is 0 Å². The van der Waals surface area contributed by atoms with Crippen molar-refractivity contribution in [3.05, 3.63) is 52.1 Å². The molecule has 4 aliphatic rings. The van der Waals surface area contributed by atoms with Crippen LogP contribution in [-0.4, -0.2) is 121 Å². The fourth-order valence-corrected chi connectivity index (χ4v) is 9.40. The summed E-state index contributed by atoms with van der Waals surface area (Å²) in [5.41, 5.74) is 10.7. The molecule has 0 saturated carbocycles. The van der Waals surface area contributed by atoms with Gasteiger partial charge in [-0.15, -0.1) is 11.3 Å². The summed E-state index contributed by atoms with van der Waals surface area (Å²) in [5.74, 6) is -1.05. The Balaban J connectivity index is 1.26. The molecule has 310 valence electrons. The standard InChI is InChI=1S/C43H56N8O6S/c1-7-50-35-11-10-27-19-29(35)31(39(50)30-20-28(23-44-38(30)26(2)55-6)49-16-14-48(5)15-17-49)22-43(3,4)25-57-42(54)32-9-8-13-51(47-32)41(53)33(21-37-45-34(27)24-58-37)46-40(52)36-12-18-56-36/h10-11,19-20,23-24,26,32-33,36,47H,7-9,12-18,21-22,25H2,1-6H3,(H,46,52)/t26-,32-,33-,36+/m0/s1. The number of hydrazine groups is 1. The van der Waals surface area contributed by atoms with Gasteiger partial charge >= 0.3 is 5.97 Å². The summed E-state index contributed by atoms with van der Waals surface area (Å²) >= 11 is 1.47.